The van der Waals surface area contributed by atoms with Crippen molar-refractivity contribution in [2.75, 3.05) is 0 Å². The molecule has 1 radical (unpaired) electrons. The molecule has 0 amide bonds. The highest BCUT2D eigenvalue weighted by Gasteiger charge is 2.26. The van der Waals surface area contributed by atoms with Crippen LogP contribution in [0.4, 0.5) is 0 Å². The molecule has 0 bridgehead atoms. The van der Waals surface area contributed by atoms with Crippen molar-refractivity contribution in [1.29, 1.82) is 0 Å². The molecule has 2 aromatic carbocycles. The molecule has 4 rings (SSSR count). The van der Waals surface area contributed by atoms with E-state index in [0.29, 0.717) is 0 Å². The van der Waals surface area contributed by atoms with E-state index >= 15 is 0 Å². The van der Waals surface area contributed by atoms with E-state index in [1.807, 2.05) is 0 Å². The van der Waals surface area contributed by atoms with Crippen LogP contribution >= 0.6 is 0 Å². The van der Waals surface area contributed by atoms with Crippen LogP contribution in [0.2, 0.25) is 13.1 Å². The van der Waals surface area contributed by atoms with Crippen molar-refractivity contribution in [3.8, 4) is 11.1 Å². The van der Waals surface area contributed by atoms with E-state index in [4.69, 9.17) is 0 Å². The molecule has 0 heterocycles. The maximum absolute atomic E-state index is 2.41. The Morgan fingerprint density at radius 1 is 0.955 bits per heavy atom. The zero-order valence-electron chi connectivity index (χ0n) is 13.5. The van der Waals surface area contributed by atoms with Crippen LogP contribution in [0.15, 0.2) is 54.1 Å². The fourth-order valence-corrected chi connectivity index (χ4v) is 5.11. The van der Waals surface area contributed by atoms with Crippen molar-refractivity contribution in [3.05, 3.63) is 70.8 Å². The summed E-state index contributed by atoms with van der Waals surface area (Å²) in [6, 6.07) is 13.7. The Bertz CT molecular complexity index is 822. The van der Waals surface area contributed by atoms with Gasteiger partial charge in [0, 0.05) is 0 Å². The highest BCUT2D eigenvalue weighted by atomic mass is 28.3. The van der Waals surface area contributed by atoms with E-state index in [2.05, 4.69) is 68.6 Å². The summed E-state index contributed by atoms with van der Waals surface area (Å²) in [6.07, 6.45) is 6.80. The Morgan fingerprint density at radius 2 is 1.77 bits per heavy atom. The molecular formula is C21H21Si. The van der Waals surface area contributed by atoms with Gasteiger partial charge in [-0.3, -0.25) is 0 Å². The van der Waals surface area contributed by atoms with E-state index in [0.717, 1.165) is 12.8 Å². The first-order chi connectivity index (χ1) is 10.7. The Labute approximate surface area is 134 Å². The minimum Gasteiger partial charge on any atom is -0.0798 e. The van der Waals surface area contributed by atoms with Gasteiger partial charge in [0.2, 0.25) is 0 Å². The first-order valence-electron chi connectivity index (χ1n) is 8.08. The lowest BCUT2D eigenvalue weighted by Crippen LogP contribution is -2.27. The average Bonchev–Trinajstić information content (AvgIpc) is 3.09. The maximum Gasteiger partial charge on any atom is 0.0799 e. The zero-order chi connectivity index (χ0) is 15.3. The summed E-state index contributed by atoms with van der Waals surface area (Å²) in [4.78, 5) is 0. The van der Waals surface area contributed by atoms with Gasteiger partial charge in [0.25, 0.3) is 0 Å². The third-order valence-electron chi connectivity index (χ3n) is 4.99. The molecular weight excluding hydrogens is 280 g/mol. The van der Waals surface area contributed by atoms with E-state index in [1.54, 1.807) is 21.9 Å². The van der Waals surface area contributed by atoms with E-state index in [-0.39, 0.29) is 0 Å². The van der Waals surface area contributed by atoms with Crippen molar-refractivity contribution in [1.82, 2.24) is 0 Å². The standard InChI is InChI=1S/C21H21Si/c1-14-7-6-10-16(14)21-19-13-15-8-4-5-9-17(15)18(19)11-12-20(21)22(2)3/h4-9,11-12H,10,13H2,1-3H3. The molecule has 0 atom stereocenters. The highest BCUT2D eigenvalue weighted by molar-refractivity contribution is 6.71. The number of hydrogen-bond donors (Lipinski definition) is 0. The maximum atomic E-state index is 2.41. The largest absolute Gasteiger partial charge is 0.0799 e. The van der Waals surface area contributed by atoms with Crippen LogP contribution in [-0.2, 0) is 6.42 Å². The van der Waals surface area contributed by atoms with Crippen LogP contribution in [0.3, 0.4) is 0 Å². The lowest BCUT2D eigenvalue weighted by atomic mass is 9.93. The first kappa shape index (κ1) is 13.8. The van der Waals surface area contributed by atoms with Gasteiger partial charge in [-0.25, -0.2) is 0 Å². The SMILES string of the molecule is CC1=C(c2c([Si](C)C)ccc3c2Cc2ccccc2-3)CC=C1. The zero-order valence-corrected chi connectivity index (χ0v) is 14.5. The summed E-state index contributed by atoms with van der Waals surface area (Å²) in [5, 5.41) is 1.61. The Morgan fingerprint density at radius 3 is 2.50 bits per heavy atom. The number of benzene rings is 2. The Hall–Kier alpha value is -1.86. The number of allylic oxidation sites excluding steroid dienone is 4. The Balaban J connectivity index is 1.99. The molecule has 22 heavy (non-hydrogen) atoms. The van der Waals surface area contributed by atoms with Crippen molar-refractivity contribution in [2.45, 2.75) is 32.9 Å². The third-order valence-corrected chi connectivity index (χ3v) is 6.49. The molecule has 0 unspecified atom stereocenters. The molecule has 0 spiro atoms. The average molecular weight is 301 g/mol. The van der Waals surface area contributed by atoms with E-state index < -0.39 is 8.80 Å². The van der Waals surface area contributed by atoms with Gasteiger partial charge in [0.05, 0.1) is 8.80 Å². The lowest BCUT2D eigenvalue weighted by Gasteiger charge is -2.19. The monoisotopic (exact) mass is 301 g/mol. The van der Waals surface area contributed by atoms with Crippen molar-refractivity contribution < 1.29 is 0 Å². The molecule has 0 N–H and O–H groups in total. The predicted molar refractivity (Wildman–Crippen MR) is 98.2 cm³/mol. The number of rotatable bonds is 2. The molecule has 0 fully saturated rings. The van der Waals surface area contributed by atoms with Crippen molar-refractivity contribution in [2.24, 2.45) is 0 Å². The quantitative estimate of drug-likeness (QED) is 0.587. The van der Waals surface area contributed by atoms with Gasteiger partial charge < -0.3 is 0 Å². The van der Waals surface area contributed by atoms with Gasteiger partial charge in [0.1, 0.15) is 0 Å². The van der Waals surface area contributed by atoms with Gasteiger partial charge in [-0.2, -0.15) is 0 Å². The molecule has 0 aromatic heterocycles. The summed E-state index contributed by atoms with van der Waals surface area (Å²) >= 11 is 0. The van der Waals surface area contributed by atoms with Gasteiger partial charge in [-0.15, -0.1) is 0 Å². The summed E-state index contributed by atoms with van der Waals surface area (Å²) in [5.74, 6) is 0. The smallest absolute Gasteiger partial charge is 0.0798 e. The molecule has 0 aliphatic heterocycles. The lowest BCUT2D eigenvalue weighted by molar-refractivity contribution is 1.24. The molecule has 0 saturated carbocycles. The second-order valence-corrected chi connectivity index (χ2v) is 9.15. The molecule has 0 nitrogen and oxygen atoms in total. The van der Waals surface area contributed by atoms with Crippen LogP contribution in [0, 0.1) is 0 Å². The number of fused-ring (bicyclic) bond motifs is 3. The van der Waals surface area contributed by atoms with E-state index in [9.17, 15) is 0 Å². The molecule has 2 aliphatic rings. The topological polar surface area (TPSA) is 0 Å². The fourth-order valence-electron chi connectivity index (χ4n) is 3.89. The summed E-state index contributed by atoms with van der Waals surface area (Å²) in [7, 11) is -0.471. The van der Waals surface area contributed by atoms with Gasteiger partial charge in [0.15, 0.2) is 0 Å². The van der Waals surface area contributed by atoms with Gasteiger partial charge >= 0.3 is 0 Å². The fraction of sp³-hybridized carbons (Fsp3) is 0.238. The van der Waals surface area contributed by atoms with Crippen LogP contribution in [0.25, 0.3) is 16.7 Å². The molecule has 0 saturated heterocycles. The van der Waals surface area contributed by atoms with Crippen LogP contribution in [-0.4, -0.2) is 8.80 Å². The van der Waals surface area contributed by atoms with Gasteiger partial charge in [-0.05, 0) is 58.7 Å². The predicted octanol–water partition coefficient (Wildman–Crippen LogP) is 4.95. The van der Waals surface area contributed by atoms with Crippen LogP contribution in [0.1, 0.15) is 30.0 Å². The van der Waals surface area contributed by atoms with Crippen molar-refractivity contribution >= 4 is 19.6 Å². The van der Waals surface area contributed by atoms with Crippen LogP contribution in [0.5, 0.6) is 0 Å². The molecule has 2 aromatic rings. The number of hydrogen-bond acceptors (Lipinski definition) is 0. The summed E-state index contributed by atoms with van der Waals surface area (Å²) < 4.78 is 0. The van der Waals surface area contributed by atoms with Crippen molar-refractivity contribution in [3.63, 3.8) is 0 Å². The highest BCUT2D eigenvalue weighted by Crippen LogP contribution is 2.41. The first-order valence-corrected chi connectivity index (χ1v) is 10.6. The molecule has 1 heteroatoms. The molecule has 2 aliphatic carbocycles. The Kier molecular flexibility index (Phi) is 3.19. The van der Waals surface area contributed by atoms with Gasteiger partial charge in [-0.1, -0.05) is 66.8 Å². The van der Waals surface area contributed by atoms with E-state index in [1.165, 1.54) is 22.3 Å². The minimum atomic E-state index is -0.471. The third kappa shape index (κ3) is 1.96. The second kappa shape index (κ2) is 5.10. The second-order valence-electron chi connectivity index (χ2n) is 6.62. The normalized spacial score (nSPS) is 15.6. The molecule has 109 valence electrons. The summed E-state index contributed by atoms with van der Waals surface area (Å²) in [6.45, 7) is 7.09. The minimum absolute atomic E-state index is 0.471. The summed E-state index contributed by atoms with van der Waals surface area (Å²) in [5.41, 5.74) is 10.6. The van der Waals surface area contributed by atoms with Crippen LogP contribution < -0.4 is 5.19 Å².